The molecule has 1 saturated carbocycles. The Labute approximate surface area is 81.7 Å². The van der Waals surface area contributed by atoms with E-state index in [-0.39, 0.29) is 6.61 Å². The fourth-order valence-corrected chi connectivity index (χ4v) is 1.87. The van der Waals surface area contributed by atoms with Gasteiger partial charge in [0.25, 0.3) is 0 Å². The molecule has 1 aliphatic rings. The number of hydrogen-bond donors (Lipinski definition) is 2. The van der Waals surface area contributed by atoms with Crippen molar-refractivity contribution < 1.29 is 5.11 Å². The first-order valence-corrected chi connectivity index (χ1v) is 5.50. The van der Waals surface area contributed by atoms with Crippen LogP contribution in [0.25, 0.3) is 0 Å². The number of aliphatic hydroxyl groups excluding tert-OH is 1. The zero-order valence-electron chi connectivity index (χ0n) is 9.09. The molecule has 2 unspecified atom stereocenters. The molecule has 0 radical (unpaired) electrons. The van der Waals surface area contributed by atoms with Gasteiger partial charge >= 0.3 is 0 Å². The van der Waals surface area contributed by atoms with Crippen molar-refractivity contribution in [1.82, 2.24) is 5.32 Å². The topological polar surface area (TPSA) is 32.3 Å². The molecule has 1 fully saturated rings. The molecule has 1 aliphatic carbocycles. The molecule has 0 aromatic heterocycles. The minimum absolute atomic E-state index is 0.273. The highest BCUT2D eigenvalue weighted by Gasteiger charge is 2.29. The summed E-state index contributed by atoms with van der Waals surface area (Å²) in [5.41, 5.74) is 0. The molecule has 0 aromatic rings. The molecule has 0 aliphatic heterocycles. The smallest absolute Gasteiger partial charge is 0.0584 e. The van der Waals surface area contributed by atoms with Gasteiger partial charge in [-0.2, -0.15) is 0 Å². The largest absolute Gasteiger partial charge is 0.395 e. The molecule has 0 heterocycles. The third kappa shape index (κ3) is 4.10. The van der Waals surface area contributed by atoms with Crippen LogP contribution in [0, 0.1) is 11.8 Å². The molecule has 78 valence electrons. The molecule has 2 nitrogen and oxygen atoms in total. The maximum atomic E-state index is 9.16. The van der Waals surface area contributed by atoms with E-state index < -0.39 is 0 Å². The minimum atomic E-state index is 0.273. The average Bonchev–Trinajstić information content (AvgIpc) is 2.84. The van der Waals surface area contributed by atoms with Crippen molar-refractivity contribution in [2.45, 2.75) is 52.1 Å². The van der Waals surface area contributed by atoms with Gasteiger partial charge in [-0.15, -0.1) is 0 Å². The lowest BCUT2D eigenvalue weighted by Crippen LogP contribution is -2.40. The van der Waals surface area contributed by atoms with Crippen molar-refractivity contribution in [3.05, 3.63) is 0 Å². The van der Waals surface area contributed by atoms with Crippen molar-refractivity contribution in [1.29, 1.82) is 0 Å². The van der Waals surface area contributed by atoms with Gasteiger partial charge in [-0.05, 0) is 38.0 Å². The van der Waals surface area contributed by atoms with Gasteiger partial charge in [-0.25, -0.2) is 0 Å². The normalized spacial score (nSPS) is 21.9. The Kier molecular flexibility index (Phi) is 4.20. The summed E-state index contributed by atoms with van der Waals surface area (Å²) in [6.07, 6.45) is 3.82. The number of hydrogen-bond acceptors (Lipinski definition) is 2. The van der Waals surface area contributed by atoms with Crippen molar-refractivity contribution in [3.63, 3.8) is 0 Å². The van der Waals surface area contributed by atoms with Gasteiger partial charge in [0.1, 0.15) is 0 Å². The van der Waals surface area contributed by atoms with Crippen LogP contribution in [-0.4, -0.2) is 23.8 Å². The predicted molar refractivity (Wildman–Crippen MR) is 55.7 cm³/mol. The first-order valence-electron chi connectivity index (χ1n) is 5.50. The van der Waals surface area contributed by atoms with Gasteiger partial charge in [0.05, 0.1) is 6.61 Å². The van der Waals surface area contributed by atoms with Gasteiger partial charge in [-0.3, -0.25) is 0 Å². The summed E-state index contributed by atoms with van der Waals surface area (Å²) in [5, 5.41) is 12.7. The SMILES string of the molecule is CC(C)CC(CO)NC(C)C1CC1. The van der Waals surface area contributed by atoms with Crippen LogP contribution in [0.3, 0.4) is 0 Å². The molecule has 0 saturated heterocycles. The highest BCUT2D eigenvalue weighted by Crippen LogP contribution is 2.32. The van der Waals surface area contributed by atoms with E-state index in [1.54, 1.807) is 0 Å². The standard InChI is InChI=1S/C11H23NO/c1-8(2)6-11(7-13)12-9(3)10-4-5-10/h8-13H,4-7H2,1-3H3. The molecule has 0 bridgehead atoms. The van der Waals surface area contributed by atoms with Gasteiger partial charge in [0, 0.05) is 12.1 Å². The molecule has 0 amide bonds. The number of nitrogens with one attached hydrogen (secondary N) is 1. The van der Waals surface area contributed by atoms with E-state index in [1.807, 2.05) is 0 Å². The van der Waals surface area contributed by atoms with Crippen molar-refractivity contribution in [2.24, 2.45) is 11.8 Å². The van der Waals surface area contributed by atoms with Crippen LogP contribution < -0.4 is 5.32 Å². The summed E-state index contributed by atoms with van der Waals surface area (Å²) in [7, 11) is 0. The van der Waals surface area contributed by atoms with E-state index in [2.05, 4.69) is 26.1 Å². The maximum Gasteiger partial charge on any atom is 0.0584 e. The summed E-state index contributed by atoms with van der Waals surface area (Å²) in [6.45, 7) is 6.91. The minimum Gasteiger partial charge on any atom is -0.395 e. The summed E-state index contributed by atoms with van der Waals surface area (Å²) < 4.78 is 0. The number of aliphatic hydroxyl groups is 1. The van der Waals surface area contributed by atoms with E-state index in [0.717, 1.165) is 12.3 Å². The van der Waals surface area contributed by atoms with Crippen molar-refractivity contribution >= 4 is 0 Å². The Morgan fingerprint density at radius 2 is 1.92 bits per heavy atom. The van der Waals surface area contributed by atoms with Crippen LogP contribution in [0.1, 0.15) is 40.0 Å². The quantitative estimate of drug-likeness (QED) is 0.661. The zero-order valence-corrected chi connectivity index (χ0v) is 9.09. The highest BCUT2D eigenvalue weighted by atomic mass is 16.3. The zero-order chi connectivity index (χ0) is 9.84. The Bertz CT molecular complexity index is 143. The fraction of sp³-hybridized carbons (Fsp3) is 1.00. The summed E-state index contributed by atoms with van der Waals surface area (Å²) in [5.74, 6) is 1.54. The fourth-order valence-electron chi connectivity index (χ4n) is 1.87. The monoisotopic (exact) mass is 185 g/mol. The van der Waals surface area contributed by atoms with Gasteiger partial charge < -0.3 is 10.4 Å². The van der Waals surface area contributed by atoms with Crippen LogP contribution in [0.5, 0.6) is 0 Å². The lowest BCUT2D eigenvalue weighted by atomic mass is 10.0. The average molecular weight is 185 g/mol. The van der Waals surface area contributed by atoms with Crippen molar-refractivity contribution in [2.75, 3.05) is 6.61 Å². The second-order valence-corrected chi connectivity index (χ2v) is 4.80. The van der Waals surface area contributed by atoms with Crippen LogP contribution >= 0.6 is 0 Å². The molecule has 2 atom stereocenters. The molecule has 13 heavy (non-hydrogen) atoms. The molecular weight excluding hydrogens is 162 g/mol. The van der Waals surface area contributed by atoms with E-state index in [4.69, 9.17) is 5.11 Å². The Morgan fingerprint density at radius 3 is 2.31 bits per heavy atom. The van der Waals surface area contributed by atoms with Gasteiger partial charge in [0.15, 0.2) is 0 Å². The molecule has 2 N–H and O–H groups in total. The number of rotatable bonds is 6. The lowest BCUT2D eigenvalue weighted by molar-refractivity contribution is 0.211. The Morgan fingerprint density at radius 1 is 1.31 bits per heavy atom. The van der Waals surface area contributed by atoms with Crippen LogP contribution in [0.15, 0.2) is 0 Å². The molecule has 2 heteroatoms. The first-order chi connectivity index (χ1) is 6.13. The predicted octanol–water partition coefficient (Wildman–Crippen LogP) is 1.78. The van der Waals surface area contributed by atoms with Crippen LogP contribution in [-0.2, 0) is 0 Å². The maximum absolute atomic E-state index is 9.16. The Balaban J connectivity index is 2.21. The van der Waals surface area contributed by atoms with E-state index in [1.165, 1.54) is 12.8 Å². The Hall–Kier alpha value is -0.0800. The van der Waals surface area contributed by atoms with E-state index in [0.29, 0.717) is 18.0 Å². The lowest BCUT2D eigenvalue weighted by Gasteiger charge is -2.22. The molecular formula is C11H23NO. The first kappa shape index (κ1) is 11.0. The summed E-state index contributed by atoms with van der Waals surface area (Å²) >= 11 is 0. The van der Waals surface area contributed by atoms with Gasteiger partial charge in [-0.1, -0.05) is 13.8 Å². The highest BCUT2D eigenvalue weighted by molar-refractivity contribution is 4.85. The summed E-state index contributed by atoms with van der Waals surface area (Å²) in [6, 6.07) is 0.895. The van der Waals surface area contributed by atoms with E-state index >= 15 is 0 Å². The summed E-state index contributed by atoms with van der Waals surface area (Å²) in [4.78, 5) is 0. The third-order valence-corrected chi connectivity index (χ3v) is 2.80. The van der Waals surface area contributed by atoms with Gasteiger partial charge in [0.2, 0.25) is 0 Å². The molecule has 0 spiro atoms. The second-order valence-electron chi connectivity index (χ2n) is 4.80. The second kappa shape index (κ2) is 4.97. The molecule has 1 rings (SSSR count). The third-order valence-electron chi connectivity index (χ3n) is 2.80. The van der Waals surface area contributed by atoms with Crippen LogP contribution in [0.4, 0.5) is 0 Å². The molecule has 0 aromatic carbocycles. The van der Waals surface area contributed by atoms with Crippen molar-refractivity contribution in [3.8, 4) is 0 Å². The van der Waals surface area contributed by atoms with Crippen LogP contribution in [0.2, 0.25) is 0 Å². The van der Waals surface area contributed by atoms with E-state index in [9.17, 15) is 0 Å².